The second-order valence-corrected chi connectivity index (χ2v) is 6.83. The van der Waals surface area contributed by atoms with Gasteiger partial charge in [0.15, 0.2) is 0 Å². The van der Waals surface area contributed by atoms with Gasteiger partial charge in [-0.2, -0.15) is 0 Å². The molecule has 2 fully saturated rings. The van der Waals surface area contributed by atoms with Crippen molar-refractivity contribution in [2.45, 2.75) is 59.0 Å². The molecule has 2 nitrogen and oxygen atoms in total. The summed E-state index contributed by atoms with van der Waals surface area (Å²) in [5.74, 6) is 0.750. The molecule has 2 aliphatic carbocycles. The standard InChI is InChI=1S/C14H26O2/c1-13(2)7-4-8-14(3)10(9-15)11(16)5-6-12(13)14/h10-12,15-16H,4-9H2,1-3H3/t10-,11-,12+,14+/m1/s1. The Morgan fingerprint density at radius 2 is 1.81 bits per heavy atom. The highest BCUT2D eigenvalue weighted by atomic mass is 16.3. The van der Waals surface area contributed by atoms with Crippen molar-refractivity contribution in [2.75, 3.05) is 6.61 Å². The maximum absolute atomic E-state index is 10.1. The molecule has 16 heavy (non-hydrogen) atoms. The minimum atomic E-state index is -0.292. The van der Waals surface area contributed by atoms with E-state index in [1.807, 2.05) is 0 Å². The average molecular weight is 226 g/mol. The summed E-state index contributed by atoms with van der Waals surface area (Å²) in [4.78, 5) is 0. The molecule has 2 heteroatoms. The lowest BCUT2D eigenvalue weighted by Crippen LogP contribution is -2.54. The third kappa shape index (κ3) is 1.70. The Labute approximate surface area is 99.1 Å². The van der Waals surface area contributed by atoms with Gasteiger partial charge in [0, 0.05) is 12.5 Å². The van der Waals surface area contributed by atoms with Crippen LogP contribution in [0.5, 0.6) is 0 Å². The highest BCUT2D eigenvalue weighted by Crippen LogP contribution is 2.59. The van der Waals surface area contributed by atoms with Crippen molar-refractivity contribution < 1.29 is 10.2 Å². The molecule has 2 N–H and O–H groups in total. The summed E-state index contributed by atoms with van der Waals surface area (Å²) in [6.07, 6.45) is 5.41. The molecule has 0 saturated heterocycles. The van der Waals surface area contributed by atoms with E-state index in [1.54, 1.807) is 0 Å². The van der Waals surface area contributed by atoms with Crippen LogP contribution in [0, 0.1) is 22.7 Å². The zero-order valence-electron chi connectivity index (χ0n) is 10.9. The molecule has 0 radical (unpaired) electrons. The quantitative estimate of drug-likeness (QED) is 0.721. The number of hydrogen-bond acceptors (Lipinski definition) is 2. The highest BCUT2D eigenvalue weighted by Gasteiger charge is 2.54. The number of aliphatic hydroxyl groups is 2. The Kier molecular flexibility index (Phi) is 3.09. The molecule has 0 heterocycles. The van der Waals surface area contributed by atoms with E-state index in [2.05, 4.69) is 20.8 Å². The second kappa shape index (κ2) is 3.99. The van der Waals surface area contributed by atoms with Crippen molar-refractivity contribution in [3.63, 3.8) is 0 Å². The Hall–Kier alpha value is -0.0800. The maximum Gasteiger partial charge on any atom is 0.0595 e. The Bertz CT molecular complexity index is 261. The first-order chi connectivity index (χ1) is 7.42. The van der Waals surface area contributed by atoms with Gasteiger partial charge in [-0.3, -0.25) is 0 Å². The van der Waals surface area contributed by atoms with Crippen LogP contribution in [-0.2, 0) is 0 Å². The molecule has 2 aliphatic rings. The first-order valence-corrected chi connectivity index (χ1v) is 6.71. The van der Waals surface area contributed by atoms with Gasteiger partial charge in [0.1, 0.15) is 0 Å². The predicted octanol–water partition coefficient (Wildman–Crippen LogP) is 2.58. The van der Waals surface area contributed by atoms with E-state index < -0.39 is 0 Å². The van der Waals surface area contributed by atoms with Crippen molar-refractivity contribution in [3.8, 4) is 0 Å². The zero-order chi connectivity index (χ0) is 12.0. The summed E-state index contributed by atoms with van der Waals surface area (Å²) in [5.41, 5.74) is 0.523. The van der Waals surface area contributed by atoms with E-state index in [0.29, 0.717) is 11.3 Å². The van der Waals surface area contributed by atoms with Crippen LogP contribution in [0.4, 0.5) is 0 Å². The van der Waals surface area contributed by atoms with E-state index in [-0.39, 0.29) is 24.0 Å². The summed E-state index contributed by atoms with van der Waals surface area (Å²) < 4.78 is 0. The fraction of sp³-hybridized carbons (Fsp3) is 1.00. The molecule has 0 aromatic heterocycles. The van der Waals surface area contributed by atoms with Crippen molar-refractivity contribution in [1.29, 1.82) is 0 Å². The third-order valence-electron chi connectivity index (χ3n) is 5.54. The third-order valence-corrected chi connectivity index (χ3v) is 5.54. The van der Waals surface area contributed by atoms with E-state index in [1.165, 1.54) is 19.3 Å². The fourth-order valence-electron chi connectivity index (χ4n) is 4.64. The molecule has 0 spiro atoms. The molecule has 2 rings (SSSR count). The highest BCUT2D eigenvalue weighted by molar-refractivity contribution is 5.03. The molecule has 0 unspecified atom stereocenters. The van der Waals surface area contributed by atoms with Crippen molar-refractivity contribution in [3.05, 3.63) is 0 Å². The fourth-order valence-corrected chi connectivity index (χ4v) is 4.64. The van der Waals surface area contributed by atoms with Gasteiger partial charge in [-0.25, -0.2) is 0 Å². The van der Waals surface area contributed by atoms with Crippen LogP contribution in [0.15, 0.2) is 0 Å². The second-order valence-electron chi connectivity index (χ2n) is 6.83. The normalized spacial score (nSPS) is 47.4. The van der Waals surface area contributed by atoms with E-state index in [4.69, 9.17) is 0 Å². The largest absolute Gasteiger partial charge is 0.396 e. The summed E-state index contributed by atoms with van der Waals surface area (Å²) >= 11 is 0. The monoisotopic (exact) mass is 226 g/mol. The maximum atomic E-state index is 10.1. The minimum absolute atomic E-state index is 0.0887. The average Bonchev–Trinajstić information content (AvgIpc) is 2.15. The van der Waals surface area contributed by atoms with Gasteiger partial charge in [0.05, 0.1) is 6.10 Å². The van der Waals surface area contributed by atoms with Crippen LogP contribution in [0.1, 0.15) is 52.9 Å². The van der Waals surface area contributed by atoms with Crippen LogP contribution in [0.25, 0.3) is 0 Å². The topological polar surface area (TPSA) is 40.5 Å². The lowest BCUT2D eigenvalue weighted by atomic mass is 9.48. The molecular formula is C14H26O2. The van der Waals surface area contributed by atoms with Crippen LogP contribution in [-0.4, -0.2) is 22.9 Å². The van der Waals surface area contributed by atoms with Gasteiger partial charge in [-0.15, -0.1) is 0 Å². The van der Waals surface area contributed by atoms with E-state index in [0.717, 1.165) is 12.8 Å². The molecule has 0 aromatic rings. The molecule has 0 aromatic carbocycles. The van der Waals surface area contributed by atoms with Gasteiger partial charge < -0.3 is 10.2 Å². The summed E-state index contributed by atoms with van der Waals surface area (Å²) in [5, 5.41) is 19.7. The molecule has 94 valence electrons. The van der Waals surface area contributed by atoms with Gasteiger partial charge in [0.2, 0.25) is 0 Å². The summed E-state index contributed by atoms with van der Waals surface area (Å²) in [6, 6.07) is 0. The minimum Gasteiger partial charge on any atom is -0.396 e. The van der Waals surface area contributed by atoms with Crippen molar-refractivity contribution in [1.82, 2.24) is 0 Å². The van der Waals surface area contributed by atoms with Crippen LogP contribution in [0.3, 0.4) is 0 Å². The zero-order valence-corrected chi connectivity index (χ0v) is 10.9. The molecule has 2 saturated carbocycles. The number of hydrogen-bond donors (Lipinski definition) is 2. The first kappa shape index (κ1) is 12.4. The van der Waals surface area contributed by atoms with Crippen molar-refractivity contribution in [2.24, 2.45) is 22.7 Å². The Morgan fingerprint density at radius 3 is 2.44 bits per heavy atom. The number of aliphatic hydroxyl groups excluding tert-OH is 2. The van der Waals surface area contributed by atoms with E-state index >= 15 is 0 Å². The lowest BCUT2D eigenvalue weighted by molar-refractivity contribution is -0.136. The first-order valence-electron chi connectivity index (χ1n) is 6.71. The summed E-state index contributed by atoms with van der Waals surface area (Å²) in [7, 11) is 0. The Morgan fingerprint density at radius 1 is 1.12 bits per heavy atom. The van der Waals surface area contributed by atoms with Gasteiger partial charge >= 0.3 is 0 Å². The summed E-state index contributed by atoms with van der Waals surface area (Å²) in [6.45, 7) is 7.16. The molecule has 0 amide bonds. The SMILES string of the molecule is CC1(C)CCC[C@@]2(C)[C@H](CO)[C@H](O)CC[C@@H]12. The number of rotatable bonds is 1. The van der Waals surface area contributed by atoms with Gasteiger partial charge in [-0.1, -0.05) is 27.2 Å². The predicted molar refractivity (Wildman–Crippen MR) is 65.0 cm³/mol. The molecule has 0 bridgehead atoms. The number of fused-ring (bicyclic) bond motifs is 1. The van der Waals surface area contributed by atoms with Gasteiger partial charge in [-0.05, 0) is 42.4 Å². The van der Waals surface area contributed by atoms with Crippen LogP contribution < -0.4 is 0 Å². The van der Waals surface area contributed by atoms with Crippen LogP contribution in [0.2, 0.25) is 0 Å². The lowest BCUT2D eigenvalue weighted by Gasteiger charge is -2.58. The molecule has 4 atom stereocenters. The smallest absolute Gasteiger partial charge is 0.0595 e. The van der Waals surface area contributed by atoms with Crippen molar-refractivity contribution >= 4 is 0 Å². The van der Waals surface area contributed by atoms with E-state index in [9.17, 15) is 10.2 Å². The Balaban J connectivity index is 2.31. The van der Waals surface area contributed by atoms with Crippen LogP contribution >= 0.6 is 0 Å². The molecular weight excluding hydrogens is 200 g/mol. The molecule has 0 aliphatic heterocycles. The van der Waals surface area contributed by atoms with Gasteiger partial charge in [0.25, 0.3) is 0 Å².